The van der Waals surface area contributed by atoms with Gasteiger partial charge in [-0.1, -0.05) is 0 Å². The van der Waals surface area contributed by atoms with Crippen LogP contribution >= 0.6 is 12.8 Å². The summed E-state index contributed by atoms with van der Waals surface area (Å²) in [4.78, 5) is 0. The maximum absolute atomic E-state index is 9.74. The topological polar surface area (TPSA) is 102 Å². The first-order valence-electron chi connectivity index (χ1n) is 1.60. The van der Waals surface area contributed by atoms with Crippen LogP contribution < -0.4 is 5.73 Å². The largest absolute Gasteiger partial charge is 0.449 e. The van der Waals surface area contributed by atoms with Crippen molar-refractivity contribution in [3.05, 3.63) is 0 Å². The number of rotatable bonds is 1. The Labute approximate surface area is 57.2 Å². The summed E-state index contributed by atoms with van der Waals surface area (Å²) in [6.07, 6.45) is 0. The number of nitrogens with two attached hydrogens (primary N) is 1. The summed E-state index contributed by atoms with van der Waals surface area (Å²) < 4.78 is 33.7. The van der Waals surface area contributed by atoms with Crippen molar-refractivity contribution < 1.29 is 17.2 Å². The molecule has 0 aliphatic rings. The Hall–Kier alpha value is -0.470. The average Bonchev–Trinajstić information content (AvgIpc) is 1.62. The third-order valence-electron chi connectivity index (χ3n) is 0.289. The molecule has 9 heavy (non-hydrogen) atoms. The van der Waals surface area contributed by atoms with E-state index in [0.717, 1.165) is 0 Å². The molecule has 3 N–H and O–H groups in total. The van der Waals surface area contributed by atoms with Crippen molar-refractivity contribution in [3.8, 4) is 0 Å². The van der Waals surface area contributed by atoms with Gasteiger partial charge in [-0.15, -0.1) is 0 Å². The van der Waals surface area contributed by atoms with E-state index in [1.165, 1.54) is 0 Å². The SMILES string of the molecule is N/C(=N\S)OS(=O)(=O)O. The molecule has 0 amide bonds. The van der Waals surface area contributed by atoms with Gasteiger partial charge in [0.15, 0.2) is 0 Å². The smallest absolute Gasteiger partial charge is 0.352 e. The first-order valence-corrected chi connectivity index (χ1v) is 3.36. The van der Waals surface area contributed by atoms with Crippen LogP contribution in [0.15, 0.2) is 4.40 Å². The molecule has 0 rings (SSSR count). The summed E-state index contributed by atoms with van der Waals surface area (Å²) in [6.45, 7) is 0. The zero-order valence-electron chi connectivity index (χ0n) is 4.05. The Morgan fingerprint density at radius 3 is 2.33 bits per heavy atom. The normalized spacial score (nSPS) is 13.3. The summed E-state index contributed by atoms with van der Waals surface area (Å²) in [6, 6.07) is -0.735. The van der Waals surface area contributed by atoms with E-state index in [1.807, 2.05) is 0 Å². The van der Waals surface area contributed by atoms with Crippen LogP contribution in [0.5, 0.6) is 0 Å². The average molecular weight is 172 g/mol. The molecule has 6 nitrogen and oxygen atoms in total. The summed E-state index contributed by atoms with van der Waals surface area (Å²) in [5, 5.41) is 0. The highest BCUT2D eigenvalue weighted by molar-refractivity contribution is 7.81. The molecule has 0 fully saturated rings. The summed E-state index contributed by atoms with van der Waals surface area (Å²) in [5.74, 6) is 0. The molecule has 0 bridgehead atoms. The predicted molar refractivity (Wildman–Crippen MR) is 33.2 cm³/mol. The molecule has 0 saturated carbocycles. The van der Waals surface area contributed by atoms with Crippen molar-refractivity contribution in [2.24, 2.45) is 10.1 Å². The van der Waals surface area contributed by atoms with Crippen LogP contribution in [-0.4, -0.2) is 19.0 Å². The van der Waals surface area contributed by atoms with Gasteiger partial charge >= 0.3 is 16.4 Å². The van der Waals surface area contributed by atoms with E-state index in [2.05, 4.69) is 27.1 Å². The van der Waals surface area contributed by atoms with Crippen molar-refractivity contribution in [3.63, 3.8) is 0 Å². The Morgan fingerprint density at radius 1 is 1.78 bits per heavy atom. The number of hydrogen-bond acceptors (Lipinski definition) is 5. The summed E-state index contributed by atoms with van der Waals surface area (Å²) >= 11 is 3.19. The Morgan fingerprint density at radius 2 is 2.22 bits per heavy atom. The molecular weight excluding hydrogens is 168 g/mol. The van der Waals surface area contributed by atoms with Crippen LogP contribution in [0.2, 0.25) is 0 Å². The van der Waals surface area contributed by atoms with Gasteiger partial charge in [-0.3, -0.25) is 4.55 Å². The van der Waals surface area contributed by atoms with E-state index < -0.39 is 16.4 Å². The van der Waals surface area contributed by atoms with Crippen LogP contribution in [0.4, 0.5) is 0 Å². The van der Waals surface area contributed by atoms with Gasteiger partial charge in [-0.2, -0.15) is 12.8 Å². The lowest BCUT2D eigenvalue weighted by Crippen LogP contribution is -2.19. The zero-order chi connectivity index (χ0) is 7.49. The van der Waals surface area contributed by atoms with Crippen LogP contribution in [0, 0.1) is 0 Å². The lowest BCUT2D eigenvalue weighted by molar-refractivity contribution is 0.381. The Balaban J connectivity index is 4.07. The van der Waals surface area contributed by atoms with Gasteiger partial charge in [0, 0.05) is 0 Å². The number of thiol groups is 1. The van der Waals surface area contributed by atoms with Crippen molar-refractivity contribution in [1.29, 1.82) is 0 Å². The second-order valence-electron chi connectivity index (χ2n) is 0.949. The van der Waals surface area contributed by atoms with Crippen LogP contribution in [0.3, 0.4) is 0 Å². The molecule has 0 unspecified atom stereocenters. The maximum Gasteiger partial charge on any atom is 0.449 e. The van der Waals surface area contributed by atoms with Crippen molar-refractivity contribution in [2.75, 3.05) is 0 Å². The molecule has 0 heterocycles. The molecule has 0 aromatic carbocycles. The second kappa shape index (κ2) is 2.90. The van der Waals surface area contributed by atoms with E-state index >= 15 is 0 Å². The Kier molecular flexibility index (Phi) is 2.74. The molecule has 0 saturated heterocycles. The van der Waals surface area contributed by atoms with Gasteiger partial charge in [0.25, 0.3) is 0 Å². The van der Waals surface area contributed by atoms with E-state index in [4.69, 9.17) is 4.55 Å². The van der Waals surface area contributed by atoms with E-state index in [1.54, 1.807) is 0 Å². The van der Waals surface area contributed by atoms with Gasteiger partial charge in [0.2, 0.25) is 0 Å². The minimum Gasteiger partial charge on any atom is -0.352 e. The van der Waals surface area contributed by atoms with Crippen molar-refractivity contribution >= 4 is 29.2 Å². The van der Waals surface area contributed by atoms with E-state index in [0.29, 0.717) is 0 Å². The number of amidine groups is 1. The second-order valence-corrected chi connectivity index (χ2v) is 2.17. The summed E-state index contributed by atoms with van der Waals surface area (Å²) in [5.41, 5.74) is 4.67. The van der Waals surface area contributed by atoms with Crippen LogP contribution in [0.25, 0.3) is 0 Å². The van der Waals surface area contributed by atoms with Gasteiger partial charge in [0.1, 0.15) is 0 Å². The van der Waals surface area contributed by atoms with Crippen LogP contribution in [-0.2, 0) is 14.6 Å². The van der Waals surface area contributed by atoms with Gasteiger partial charge in [0.05, 0.1) is 0 Å². The molecule has 0 aromatic rings. The number of nitrogens with zero attached hydrogens (tertiary/aromatic N) is 1. The fourth-order valence-electron chi connectivity index (χ4n) is 0.125. The monoisotopic (exact) mass is 172 g/mol. The fourth-order valence-corrected chi connectivity index (χ4v) is 0.474. The van der Waals surface area contributed by atoms with Crippen molar-refractivity contribution in [2.45, 2.75) is 0 Å². The molecule has 0 radical (unpaired) electrons. The Bertz CT molecular complexity index is 205. The third-order valence-corrected chi connectivity index (χ3v) is 0.868. The molecule has 8 heteroatoms. The minimum absolute atomic E-state index is 0.735. The molecule has 0 aliphatic carbocycles. The standard InChI is InChI=1S/CH4N2O4S2/c2-1(3-8)7-9(4,5)6/h8H,(H2,2,3)(H,4,5,6). The molecule has 54 valence electrons. The lowest BCUT2D eigenvalue weighted by Gasteiger charge is -1.94. The molecule has 0 spiro atoms. The summed E-state index contributed by atoms with van der Waals surface area (Å²) in [7, 11) is -4.54. The fraction of sp³-hybridized carbons (Fsp3) is 0. The van der Waals surface area contributed by atoms with Gasteiger partial charge in [-0.05, 0) is 12.8 Å². The minimum atomic E-state index is -4.54. The zero-order valence-corrected chi connectivity index (χ0v) is 5.76. The van der Waals surface area contributed by atoms with E-state index in [9.17, 15) is 8.42 Å². The van der Waals surface area contributed by atoms with Crippen LogP contribution in [0.1, 0.15) is 0 Å². The first-order chi connectivity index (χ1) is 3.95. The lowest BCUT2D eigenvalue weighted by atomic mass is 11.3. The highest BCUT2D eigenvalue weighted by Gasteiger charge is 2.05. The maximum atomic E-state index is 9.74. The molecule has 0 atom stereocenters. The quantitative estimate of drug-likeness (QED) is 0.203. The molecule has 0 aromatic heterocycles. The van der Waals surface area contributed by atoms with E-state index in [-0.39, 0.29) is 0 Å². The van der Waals surface area contributed by atoms with Crippen molar-refractivity contribution in [1.82, 2.24) is 0 Å². The van der Waals surface area contributed by atoms with Gasteiger partial charge < -0.3 is 9.92 Å². The highest BCUT2D eigenvalue weighted by atomic mass is 32.3. The predicted octanol–water partition coefficient (Wildman–Crippen LogP) is -1.03. The molecular formula is CH4N2O4S2. The van der Waals surface area contributed by atoms with Gasteiger partial charge in [-0.25, -0.2) is 0 Å². The number of hydrogen-bond donors (Lipinski definition) is 3. The first kappa shape index (κ1) is 8.53. The third kappa shape index (κ3) is 5.40. The highest BCUT2D eigenvalue weighted by Crippen LogP contribution is 1.86. The molecule has 0 aliphatic heterocycles.